The summed E-state index contributed by atoms with van der Waals surface area (Å²) < 4.78 is 11.2. The van der Waals surface area contributed by atoms with Gasteiger partial charge in [-0.1, -0.05) is 31.5 Å². The van der Waals surface area contributed by atoms with E-state index in [4.69, 9.17) is 9.47 Å². The third-order valence-electron chi connectivity index (χ3n) is 5.66. The largest absolute Gasteiger partial charge is 0.507 e. The Morgan fingerprint density at radius 3 is 2.42 bits per heavy atom. The molecule has 1 saturated heterocycles. The molecule has 2 aromatic rings. The number of Topliss-reactive ketones (excluding diaryl/α,β-unsaturated/α-hetero) is 1. The number of likely N-dealkylation sites (tertiary alicyclic amines) is 1. The highest BCUT2D eigenvalue weighted by Crippen LogP contribution is 2.42. The standard InChI is InChI=1S/C26H32N2O5/c1-5-6-17-33-19-13-11-18(12-14-19)24(29)22-23(20-9-7-8-10-21(20)32-4)28(16-15-27(2)3)26(31)25(22)30/h7-14,23,29H,5-6,15-17H2,1-4H3/b24-22+. The van der Waals surface area contributed by atoms with Crippen molar-refractivity contribution in [1.29, 1.82) is 0 Å². The summed E-state index contributed by atoms with van der Waals surface area (Å²) in [6.07, 6.45) is 1.99. The number of hydrogen-bond donors (Lipinski definition) is 1. The van der Waals surface area contributed by atoms with E-state index in [1.165, 1.54) is 4.90 Å². The molecule has 0 bridgehead atoms. The van der Waals surface area contributed by atoms with Gasteiger partial charge in [0.25, 0.3) is 11.7 Å². The minimum atomic E-state index is -0.749. The highest BCUT2D eigenvalue weighted by atomic mass is 16.5. The molecule has 1 aliphatic heterocycles. The van der Waals surface area contributed by atoms with Gasteiger partial charge >= 0.3 is 0 Å². The Kier molecular flexibility index (Phi) is 8.11. The number of ether oxygens (including phenoxy) is 2. The molecular weight excluding hydrogens is 420 g/mol. The maximum absolute atomic E-state index is 13.1. The zero-order chi connectivity index (χ0) is 24.0. The van der Waals surface area contributed by atoms with Crippen LogP contribution in [0.4, 0.5) is 0 Å². The van der Waals surface area contributed by atoms with Crippen LogP contribution in [-0.2, 0) is 9.59 Å². The third-order valence-corrected chi connectivity index (χ3v) is 5.66. The Morgan fingerprint density at radius 2 is 1.79 bits per heavy atom. The fourth-order valence-electron chi connectivity index (χ4n) is 3.83. The van der Waals surface area contributed by atoms with Gasteiger partial charge in [0.2, 0.25) is 0 Å². The van der Waals surface area contributed by atoms with Gasteiger partial charge in [0.05, 0.1) is 25.3 Å². The number of rotatable bonds is 10. The summed E-state index contributed by atoms with van der Waals surface area (Å²) >= 11 is 0. The second-order valence-electron chi connectivity index (χ2n) is 8.26. The van der Waals surface area contributed by atoms with Crippen LogP contribution in [0.25, 0.3) is 5.76 Å². The van der Waals surface area contributed by atoms with Crippen molar-refractivity contribution < 1.29 is 24.2 Å². The minimum Gasteiger partial charge on any atom is -0.507 e. The van der Waals surface area contributed by atoms with Crippen LogP contribution in [0.3, 0.4) is 0 Å². The molecule has 3 rings (SSSR count). The number of aliphatic hydroxyl groups is 1. The van der Waals surface area contributed by atoms with E-state index in [0.717, 1.165) is 12.8 Å². The topological polar surface area (TPSA) is 79.3 Å². The molecule has 0 aromatic heterocycles. The molecule has 1 unspecified atom stereocenters. The SMILES string of the molecule is CCCCOc1ccc(/C(O)=C2\C(=O)C(=O)N(CCN(C)C)C2c2ccccc2OC)cc1. The van der Waals surface area contributed by atoms with Crippen molar-refractivity contribution in [3.05, 3.63) is 65.2 Å². The molecule has 0 radical (unpaired) electrons. The molecule has 0 aliphatic carbocycles. The van der Waals surface area contributed by atoms with Gasteiger partial charge in [0.1, 0.15) is 17.3 Å². The van der Waals surface area contributed by atoms with Crippen LogP contribution in [0.15, 0.2) is 54.1 Å². The van der Waals surface area contributed by atoms with Crippen molar-refractivity contribution in [2.24, 2.45) is 0 Å². The Morgan fingerprint density at radius 1 is 1.09 bits per heavy atom. The lowest BCUT2D eigenvalue weighted by molar-refractivity contribution is -0.140. The van der Waals surface area contributed by atoms with E-state index in [2.05, 4.69) is 6.92 Å². The van der Waals surface area contributed by atoms with Gasteiger partial charge in [-0.05, 0) is 50.8 Å². The summed E-state index contributed by atoms with van der Waals surface area (Å²) in [7, 11) is 5.35. The van der Waals surface area contributed by atoms with Crippen molar-refractivity contribution in [2.45, 2.75) is 25.8 Å². The number of aliphatic hydroxyl groups excluding tert-OH is 1. The number of carbonyl (C=O) groups excluding carboxylic acids is 2. The number of nitrogens with zero attached hydrogens (tertiary/aromatic N) is 2. The Labute approximate surface area is 195 Å². The molecule has 7 nitrogen and oxygen atoms in total. The number of likely N-dealkylation sites (N-methyl/N-ethyl adjacent to an activating group) is 1. The quantitative estimate of drug-likeness (QED) is 0.255. The van der Waals surface area contributed by atoms with Crippen molar-refractivity contribution in [1.82, 2.24) is 9.80 Å². The lowest BCUT2D eigenvalue weighted by atomic mass is 9.94. The summed E-state index contributed by atoms with van der Waals surface area (Å²) in [5, 5.41) is 11.2. The fourth-order valence-corrected chi connectivity index (χ4v) is 3.83. The number of amides is 1. The van der Waals surface area contributed by atoms with Crippen LogP contribution < -0.4 is 9.47 Å². The predicted molar refractivity (Wildman–Crippen MR) is 127 cm³/mol. The first-order valence-corrected chi connectivity index (χ1v) is 11.2. The summed E-state index contributed by atoms with van der Waals surface area (Å²) in [4.78, 5) is 29.6. The molecule has 2 aromatic carbocycles. The van der Waals surface area contributed by atoms with Crippen molar-refractivity contribution in [3.8, 4) is 11.5 Å². The molecule has 1 N–H and O–H groups in total. The summed E-state index contributed by atoms with van der Waals surface area (Å²) in [5.41, 5.74) is 1.16. The van der Waals surface area contributed by atoms with E-state index in [9.17, 15) is 14.7 Å². The number of ketones is 1. The van der Waals surface area contributed by atoms with Gasteiger partial charge in [-0.25, -0.2) is 0 Å². The van der Waals surface area contributed by atoms with E-state index in [-0.39, 0.29) is 11.3 Å². The summed E-state index contributed by atoms with van der Waals surface area (Å²) in [5.74, 6) is -0.312. The molecule has 0 saturated carbocycles. The molecular formula is C26H32N2O5. The summed E-state index contributed by atoms with van der Waals surface area (Å²) in [6, 6.07) is 13.4. The van der Waals surface area contributed by atoms with E-state index in [0.29, 0.717) is 42.3 Å². The van der Waals surface area contributed by atoms with Crippen LogP contribution >= 0.6 is 0 Å². The van der Waals surface area contributed by atoms with Crippen LogP contribution in [0.2, 0.25) is 0 Å². The zero-order valence-corrected chi connectivity index (χ0v) is 19.7. The molecule has 0 spiro atoms. The van der Waals surface area contributed by atoms with E-state index < -0.39 is 17.7 Å². The molecule has 176 valence electrons. The maximum atomic E-state index is 13.1. The van der Waals surface area contributed by atoms with Crippen molar-refractivity contribution >= 4 is 17.4 Å². The van der Waals surface area contributed by atoms with Crippen LogP contribution in [0, 0.1) is 0 Å². The molecule has 1 heterocycles. The molecule has 1 amide bonds. The normalized spacial score (nSPS) is 17.6. The average molecular weight is 453 g/mol. The highest BCUT2D eigenvalue weighted by molar-refractivity contribution is 6.46. The molecule has 33 heavy (non-hydrogen) atoms. The van der Waals surface area contributed by atoms with Crippen LogP contribution in [-0.4, -0.2) is 67.5 Å². The maximum Gasteiger partial charge on any atom is 0.295 e. The van der Waals surface area contributed by atoms with E-state index in [1.807, 2.05) is 37.2 Å². The van der Waals surface area contributed by atoms with Crippen molar-refractivity contribution in [2.75, 3.05) is 40.9 Å². The summed E-state index contributed by atoms with van der Waals surface area (Å²) in [6.45, 7) is 3.62. The molecule has 1 atom stereocenters. The Hall–Kier alpha value is -3.32. The second-order valence-corrected chi connectivity index (χ2v) is 8.26. The first-order chi connectivity index (χ1) is 15.9. The minimum absolute atomic E-state index is 0.0582. The number of carbonyl (C=O) groups is 2. The first-order valence-electron chi connectivity index (χ1n) is 11.2. The first kappa shape index (κ1) is 24.3. The average Bonchev–Trinajstić information content (AvgIpc) is 3.07. The molecule has 7 heteroatoms. The lowest BCUT2D eigenvalue weighted by Gasteiger charge is -2.27. The van der Waals surface area contributed by atoms with Gasteiger partial charge in [-0.15, -0.1) is 0 Å². The Balaban J connectivity index is 2.05. The van der Waals surface area contributed by atoms with E-state index >= 15 is 0 Å². The monoisotopic (exact) mass is 452 g/mol. The highest BCUT2D eigenvalue weighted by Gasteiger charge is 2.46. The van der Waals surface area contributed by atoms with Crippen molar-refractivity contribution in [3.63, 3.8) is 0 Å². The van der Waals surface area contributed by atoms with Gasteiger partial charge in [-0.2, -0.15) is 0 Å². The van der Waals surface area contributed by atoms with Gasteiger partial charge in [0, 0.05) is 24.2 Å². The Bertz CT molecular complexity index is 1010. The van der Waals surface area contributed by atoms with Crippen LogP contribution in [0.1, 0.15) is 36.9 Å². The number of para-hydroxylation sites is 1. The van der Waals surface area contributed by atoms with E-state index in [1.54, 1.807) is 37.4 Å². The molecule has 1 fully saturated rings. The third kappa shape index (κ3) is 5.37. The fraction of sp³-hybridized carbons (Fsp3) is 0.385. The van der Waals surface area contributed by atoms with Gasteiger partial charge < -0.3 is 24.4 Å². The second kappa shape index (κ2) is 11.0. The molecule has 1 aliphatic rings. The van der Waals surface area contributed by atoms with Gasteiger partial charge in [-0.3, -0.25) is 9.59 Å². The predicted octanol–water partition coefficient (Wildman–Crippen LogP) is 3.86. The smallest absolute Gasteiger partial charge is 0.295 e. The van der Waals surface area contributed by atoms with Gasteiger partial charge in [0.15, 0.2) is 0 Å². The van der Waals surface area contributed by atoms with Crippen LogP contribution in [0.5, 0.6) is 11.5 Å². The number of hydrogen-bond acceptors (Lipinski definition) is 6. The number of methoxy groups -OCH3 is 1. The number of unbranched alkanes of at least 4 members (excludes halogenated alkanes) is 1. The number of benzene rings is 2. The zero-order valence-electron chi connectivity index (χ0n) is 19.7. The lowest BCUT2D eigenvalue weighted by Crippen LogP contribution is -2.35.